The summed E-state index contributed by atoms with van der Waals surface area (Å²) in [7, 11) is 0. The molecule has 3 aliphatic rings. The molecular weight excluding hydrogens is 382 g/mol. The number of imidazole rings is 1. The maximum absolute atomic E-state index is 13.0. The number of carbonyl (C=O) groups is 1. The van der Waals surface area contributed by atoms with Gasteiger partial charge in [-0.2, -0.15) is 0 Å². The monoisotopic (exact) mass is 411 g/mol. The van der Waals surface area contributed by atoms with Crippen LogP contribution in [0, 0.1) is 12.8 Å². The first-order valence-electron chi connectivity index (χ1n) is 10.8. The maximum Gasteiger partial charge on any atom is 0.255 e. The molecule has 1 spiro atoms. The predicted molar refractivity (Wildman–Crippen MR) is 111 cm³/mol. The highest BCUT2D eigenvalue weighted by molar-refractivity contribution is 5.94. The van der Waals surface area contributed by atoms with Crippen molar-refractivity contribution in [1.29, 1.82) is 0 Å². The topological polar surface area (TPSA) is 81.5 Å². The lowest BCUT2D eigenvalue weighted by Gasteiger charge is -2.45. The van der Waals surface area contributed by atoms with Crippen LogP contribution in [-0.4, -0.2) is 64.3 Å². The zero-order valence-electron chi connectivity index (χ0n) is 17.4. The molecule has 3 aliphatic heterocycles. The second-order valence-corrected chi connectivity index (χ2v) is 8.66. The molecule has 2 aromatic heterocycles. The van der Waals surface area contributed by atoms with E-state index in [-0.39, 0.29) is 5.91 Å². The minimum Gasteiger partial charge on any atom is -0.381 e. The van der Waals surface area contributed by atoms with Gasteiger partial charge in [0, 0.05) is 44.8 Å². The Morgan fingerprint density at radius 3 is 2.93 bits per heavy atom. The number of piperidine rings is 1. The number of rotatable bonds is 4. The van der Waals surface area contributed by atoms with Crippen molar-refractivity contribution in [1.82, 2.24) is 19.4 Å². The number of aromatic nitrogens is 3. The molecule has 2 atom stereocenters. The van der Waals surface area contributed by atoms with Gasteiger partial charge in [-0.1, -0.05) is 0 Å². The first kappa shape index (κ1) is 19.7. The number of likely N-dealkylation sites (tertiary alicyclic amines) is 1. The summed E-state index contributed by atoms with van der Waals surface area (Å²) in [6, 6.07) is 3.69. The summed E-state index contributed by atoms with van der Waals surface area (Å²) in [6.45, 7) is 7.09. The maximum atomic E-state index is 13.0. The van der Waals surface area contributed by atoms with E-state index in [1.54, 1.807) is 6.20 Å². The molecule has 5 heterocycles. The van der Waals surface area contributed by atoms with Crippen LogP contribution in [0.15, 0.2) is 30.7 Å². The molecule has 1 N–H and O–H groups in total. The summed E-state index contributed by atoms with van der Waals surface area (Å²) in [4.78, 5) is 24.4. The highest BCUT2D eigenvalue weighted by Gasteiger charge is 2.47. The number of hydrogen-bond acceptors (Lipinski definition) is 6. The lowest BCUT2D eigenvalue weighted by molar-refractivity contribution is -0.170. The lowest BCUT2D eigenvalue weighted by Crippen LogP contribution is -2.53. The minimum absolute atomic E-state index is 0.129. The average Bonchev–Trinajstić information content (AvgIpc) is 3.44. The Morgan fingerprint density at radius 1 is 1.30 bits per heavy atom. The molecule has 0 aromatic carbocycles. The van der Waals surface area contributed by atoms with E-state index in [1.807, 2.05) is 31.5 Å². The van der Waals surface area contributed by atoms with Gasteiger partial charge in [0.2, 0.25) is 0 Å². The first-order chi connectivity index (χ1) is 14.6. The van der Waals surface area contributed by atoms with Gasteiger partial charge in [-0.3, -0.25) is 9.78 Å². The summed E-state index contributed by atoms with van der Waals surface area (Å²) in [5.41, 5.74) is 1.02. The van der Waals surface area contributed by atoms with Gasteiger partial charge < -0.3 is 24.3 Å². The van der Waals surface area contributed by atoms with Gasteiger partial charge in [0.05, 0.1) is 24.5 Å². The van der Waals surface area contributed by atoms with E-state index in [1.165, 1.54) is 0 Å². The highest BCUT2D eigenvalue weighted by atomic mass is 16.5. The van der Waals surface area contributed by atoms with E-state index in [4.69, 9.17) is 9.47 Å². The average molecular weight is 412 g/mol. The normalized spacial score (nSPS) is 25.9. The van der Waals surface area contributed by atoms with Gasteiger partial charge in [0.25, 0.3) is 5.91 Å². The van der Waals surface area contributed by atoms with E-state index in [9.17, 15) is 4.79 Å². The predicted octanol–water partition coefficient (Wildman–Crippen LogP) is 1.95. The number of anilines is 1. The van der Waals surface area contributed by atoms with Crippen molar-refractivity contribution in [3.63, 3.8) is 0 Å². The molecule has 30 heavy (non-hydrogen) atoms. The van der Waals surface area contributed by atoms with Crippen LogP contribution in [0.2, 0.25) is 0 Å². The zero-order valence-corrected chi connectivity index (χ0v) is 17.4. The quantitative estimate of drug-likeness (QED) is 0.828. The zero-order chi connectivity index (χ0) is 20.6. The summed E-state index contributed by atoms with van der Waals surface area (Å²) in [5.74, 6) is 1.46. The smallest absolute Gasteiger partial charge is 0.255 e. The minimum atomic E-state index is -0.555. The third-order valence-electron chi connectivity index (χ3n) is 6.61. The van der Waals surface area contributed by atoms with Crippen molar-refractivity contribution < 1.29 is 14.3 Å². The molecule has 2 saturated heterocycles. The SMILES string of the molecule is Cc1ncccc1NC(=O)[C@@H]1Cn2ccnc2C2(CCN(C[C@@H]3CCOC3)CC2)O1. The van der Waals surface area contributed by atoms with Crippen LogP contribution in [0.25, 0.3) is 0 Å². The summed E-state index contributed by atoms with van der Waals surface area (Å²) < 4.78 is 14.1. The number of pyridine rings is 1. The molecule has 5 rings (SSSR count). The van der Waals surface area contributed by atoms with Crippen molar-refractivity contribution >= 4 is 11.6 Å². The van der Waals surface area contributed by atoms with E-state index < -0.39 is 11.7 Å². The van der Waals surface area contributed by atoms with Crippen LogP contribution < -0.4 is 5.32 Å². The molecule has 0 aliphatic carbocycles. The van der Waals surface area contributed by atoms with Crippen LogP contribution in [0.4, 0.5) is 5.69 Å². The Hall–Kier alpha value is -2.29. The molecule has 160 valence electrons. The molecule has 1 amide bonds. The fraction of sp³-hybridized carbons (Fsp3) is 0.591. The van der Waals surface area contributed by atoms with Crippen LogP contribution in [0.5, 0.6) is 0 Å². The van der Waals surface area contributed by atoms with E-state index in [2.05, 4.69) is 24.8 Å². The summed E-state index contributed by atoms with van der Waals surface area (Å²) in [5, 5.41) is 3.00. The lowest BCUT2D eigenvalue weighted by atomic mass is 9.88. The number of ether oxygens (including phenoxy) is 2. The Morgan fingerprint density at radius 2 is 2.17 bits per heavy atom. The van der Waals surface area contributed by atoms with Gasteiger partial charge in [-0.15, -0.1) is 0 Å². The van der Waals surface area contributed by atoms with Crippen LogP contribution >= 0.6 is 0 Å². The Labute approximate surface area is 176 Å². The second kappa shape index (κ2) is 8.09. The van der Waals surface area contributed by atoms with Gasteiger partial charge >= 0.3 is 0 Å². The first-order valence-corrected chi connectivity index (χ1v) is 10.8. The molecule has 0 saturated carbocycles. The van der Waals surface area contributed by atoms with Gasteiger partial charge in [-0.25, -0.2) is 4.98 Å². The standard InChI is InChI=1S/C22H29N5O3/c1-16-18(3-2-7-23-16)25-20(28)19-14-27-11-8-24-21(27)22(30-19)5-9-26(10-6-22)13-17-4-12-29-15-17/h2-3,7-8,11,17,19H,4-6,9-10,12-15H2,1H3,(H,25,28)/t17-,19-/m0/s1. The van der Waals surface area contributed by atoms with Crippen molar-refractivity contribution in [3.05, 3.63) is 42.2 Å². The molecule has 0 bridgehead atoms. The third-order valence-corrected chi connectivity index (χ3v) is 6.61. The van der Waals surface area contributed by atoms with Crippen molar-refractivity contribution in [2.24, 2.45) is 5.92 Å². The molecule has 2 aromatic rings. The van der Waals surface area contributed by atoms with Crippen molar-refractivity contribution in [3.8, 4) is 0 Å². The van der Waals surface area contributed by atoms with E-state index in [0.29, 0.717) is 12.5 Å². The molecule has 0 radical (unpaired) electrons. The van der Waals surface area contributed by atoms with Gasteiger partial charge in [0.1, 0.15) is 11.4 Å². The molecule has 2 fully saturated rings. The van der Waals surface area contributed by atoms with E-state index in [0.717, 1.165) is 69.3 Å². The number of hydrogen-bond donors (Lipinski definition) is 1. The molecule has 0 unspecified atom stereocenters. The van der Waals surface area contributed by atoms with E-state index >= 15 is 0 Å². The molecular formula is C22H29N5O3. The number of aryl methyl sites for hydroxylation is 1. The Kier molecular flexibility index (Phi) is 5.30. The Balaban J connectivity index is 1.29. The number of nitrogens with zero attached hydrogens (tertiary/aromatic N) is 4. The number of amides is 1. The number of carbonyl (C=O) groups excluding carboxylic acids is 1. The fourth-order valence-electron chi connectivity index (χ4n) is 4.89. The number of nitrogens with one attached hydrogen (secondary N) is 1. The van der Waals surface area contributed by atoms with Crippen LogP contribution in [0.3, 0.4) is 0 Å². The third kappa shape index (κ3) is 3.75. The second-order valence-electron chi connectivity index (χ2n) is 8.66. The van der Waals surface area contributed by atoms with Crippen LogP contribution in [0.1, 0.15) is 30.8 Å². The van der Waals surface area contributed by atoms with Crippen molar-refractivity contribution in [2.45, 2.75) is 44.4 Å². The van der Waals surface area contributed by atoms with Crippen LogP contribution in [-0.2, 0) is 26.4 Å². The Bertz CT molecular complexity index is 900. The number of fused-ring (bicyclic) bond motifs is 2. The van der Waals surface area contributed by atoms with Gasteiger partial charge in [0.15, 0.2) is 6.10 Å². The molecule has 8 heteroatoms. The largest absolute Gasteiger partial charge is 0.381 e. The highest BCUT2D eigenvalue weighted by Crippen LogP contribution is 2.40. The van der Waals surface area contributed by atoms with Gasteiger partial charge in [-0.05, 0) is 44.2 Å². The summed E-state index contributed by atoms with van der Waals surface area (Å²) in [6.07, 6.45) is 7.77. The summed E-state index contributed by atoms with van der Waals surface area (Å²) >= 11 is 0. The fourth-order valence-corrected chi connectivity index (χ4v) is 4.89. The van der Waals surface area contributed by atoms with Crippen molar-refractivity contribution in [2.75, 3.05) is 38.2 Å². The molecule has 8 nitrogen and oxygen atoms in total.